The van der Waals surface area contributed by atoms with Crippen LogP contribution in [-0.4, -0.2) is 23.7 Å². The van der Waals surface area contributed by atoms with E-state index in [1.165, 1.54) is 0 Å². The Morgan fingerprint density at radius 1 is 1.07 bits per heavy atom. The van der Waals surface area contributed by atoms with Crippen molar-refractivity contribution in [2.24, 2.45) is 0 Å². The normalized spacial score (nSPS) is 12.3. The van der Waals surface area contributed by atoms with Crippen LogP contribution in [0.3, 0.4) is 0 Å². The first-order valence-corrected chi connectivity index (χ1v) is 8.52. The number of carbonyl (C=O) groups is 2. The fourth-order valence-corrected chi connectivity index (χ4v) is 2.38. The molecule has 0 spiro atoms. The number of imide groups is 1. The first-order valence-electron chi connectivity index (χ1n) is 7.32. The van der Waals surface area contributed by atoms with E-state index in [0.29, 0.717) is 0 Å². The van der Waals surface area contributed by atoms with Gasteiger partial charge in [0, 0.05) is 6.07 Å². The molecule has 2 aromatic carbocycles. The van der Waals surface area contributed by atoms with Gasteiger partial charge in [0.2, 0.25) is 0 Å². The van der Waals surface area contributed by atoms with Crippen LogP contribution in [0.4, 0.5) is 32.4 Å². The summed E-state index contributed by atoms with van der Waals surface area (Å²) < 4.78 is 70.2. The summed E-state index contributed by atoms with van der Waals surface area (Å²) in [4.78, 5) is 23.7. The van der Waals surface area contributed by atoms with E-state index in [4.69, 9.17) is 23.2 Å². The molecule has 0 aliphatic rings. The number of benzene rings is 2. The molecule has 1 atom stereocenters. The van der Waals surface area contributed by atoms with Crippen LogP contribution in [0, 0.1) is 11.6 Å². The number of ether oxygens (including phenoxy) is 1. The van der Waals surface area contributed by atoms with Gasteiger partial charge in [-0.25, -0.2) is 18.0 Å². The number of carbonyl (C=O) groups excluding carboxylic acids is 2. The Morgan fingerprint density at radius 3 is 2.21 bits per heavy atom. The predicted octanol–water partition coefficient (Wildman–Crippen LogP) is 5.74. The van der Waals surface area contributed by atoms with Gasteiger partial charge >= 0.3 is 12.1 Å². The number of nitrogens with one attached hydrogen (secondary N) is 2. The second-order valence-electron chi connectivity index (χ2n) is 5.23. The lowest BCUT2D eigenvalue weighted by Crippen LogP contribution is -2.35. The minimum Gasteiger partial charge on any atom is -0.428 e. The Bertz CT molecular complexity index is 939. The summed E-state index contributed by atoms with van der Waals surface area (Å²) in [7, 11) is 0. The highest BCUT2D eigenvalue weighted by molar-refractivity contribution is 6.36. The van der Waals surface area contributed by atoms with Gasteiger partial charge in [0.15, 0.2) is 0 Å². The molecule has 0 bridgehead atoms. The molecule has 156 valence electrons. The molecular weight excluding hydrogens is 470 g/mol. The molecule has 1 unspecified atom stereocenters. The number of hydrogen-bond acceptors (Lipinski definition) is 3. The fraction of sp³-hybridized carbons (Fsp3) is 0.125. The van der Waals surface area contributed by atoms with E-state index < -0.39 is 56.7 Å². The number of alkyl halides is 4. The average Bonchev–Trinajstić information content (AvgIpc) is 2.58. The van der Waals surface area contributed by atoms with E-state index in [-0.39, 0.29) is 5.69 Å². The highest BCUT2D eigenvalue weighted by Gasteiger charge is 2.42. The van der Waals surface area contributed by atoms with Crippen molar-refractivity contribution >= 4 is 52.4 Å². The van der Waals surface area contributed by atoms with Crippen LogP contribution in [0.1, 0.15) is 10.4 Å². The van der Waals surface area contributed by atoms with Crippen LogP contribution >= 0.6 is 34.8 Å². The second kappa shape index (κ2) is 9.02. The van der Waals surface area contributed by atoms with Gasteiger partial charge in [0.05, 0.1) is 15.7 Å². The lowest BCUT2D eigenvalue weighted by Gasteiger charge is -2.19. The van der Waals surface area contributed by atoms with Crippen LogP contribution < -0.4 is 15.4 Å². The molecule has 0 aliphatic carbocycles. The first kappa shape index (κ1) is 23.0. The minimum atomic E-state index is -4.42. The Morgan fingerprint density at radius 2 is 1.66 bits per heavy atom. The molecule has 13 heteroatoms. The maximum atomic E-state index is 13.5. The molecule has 0 heterocycles. The number of rotatable bonds is 5. The van der Waals surface area contributed by atoms with Crippen LogP contribution in [0.5, 0.6) is 5.75 Å². The van der Waals surface area contributed by atoms with E-state index in [9.17, 15) is 31.5 Å². The molecule has 0 saturated carbocycles. The van der Waals surface area contributed by atoms with Crippen molar-refractivity contribution in [2.45, 2.75) is 11.7 Å². The van der Waals surface area contributed by atoms with Crippen molar-refractivity contribution < 1.29 is 36.3 Å². The molecule has 0 fully saturated rings. The zero-order chi connectivity index (χ0) is 21.9. The van der Waals surface area contributed by atoms with E-state index in [1.807, 2.05) is 5.32 Å². The Balaban J connectivity index is 2.15. The Labute approximate surface area is 174 Å². The predicted molar refractivity (Wildman–Crippen MR) is 95.6 cm³/mol. The summed E-state index contributed by atoms with van der Waals surface area (Å²) in [6, 6.07) is 2.95. The first-order chi connectivity index (χ1) is 13.4. The number of hydrogen-bond donors (Lipinski definition) is 2. The van der Waals surface area contributed by atoms with Gasteiger partial charge in [-0.15, -0.1) is 0 Å². The van der Waals surface area contributed by atoms with Crippen molar-refractivity contribution in [1.82, 2.24) is 5.32 Å². The molecule has 5 nitrogen and oxygen atoms in total. The van der Waals surface area contributed by atoms with Crippen LogP contribution in [0.15, 0.2) is 30.3 Å². The molecule has 3 amide bonds. The van der Waals surface area contributed by atoms with Gasteiger partial charge in [-0.1, -0.05) is 40.9 Å². The molecule has 2 aromatic rings. The van der Waals surface area contributed by atoms with Crippen molar-refractivity contribution in [3.05, 3.63) is 57.6 Å². The van der Waals surface area contributed by atoms with Crippen LogP contribution in [0.2, 0.25) is 10.0 Å². The largest absolute Gasteiger partial charge is 0.444 e. The van der Waals surface area contributed by atoms with Gasteiger partial charge in [-0.2, -0.15) is 8.78 Å². The van der Waals surface area contributed by atoms with Gasteiger partial charge in [0.25, 0.3) is 11.5 Å². The van der Waals surface area contributed by atoms with Crippen molar-refractivity contribution in [3.63, 3.8) is 0 Å². The zero-order valence-corrected chi connectivity index (χ0v) is 16.0. The third kappa shape index (κ3) is 5.62. The third-order valence-corrected chi connectivity index (χ3v) is 4.05. The van der Waals surface area contributed by atoms with E-state index in [2.05, 4.69) is 16.3 Å². The minimum absolute atomic E-state index is 0.283. The molecule has 0 saturated heterocycles. The maximum Gasteiger partial charge on any atom is 0.444 e. The van der Waals surface area contributed by atoms with Crippen molar-refractivity contribution in [2.75, 3.05) is 5.32 Å². The molecule has 0 aromatic heterocycles. The fourth-order valence-electron chi connectivity index (χ4n) is 1.93. The van der Waals surface area contributed by atoms with Gasteiger partial charge in [-0.3, -0.25) is 10.1 Å². The van der Waals surface area contributed by atoms with Crippen LogP contribution in [-0.2, 0) is 0 Å². The van der Waals surface area contributed by atoms with Gasteiger partial charge < -0.3 is 10.1 Å². The monoisotopic (exact) mass is 476 g/mol. The summed E-state index contributed by atoms with van der Waals surface area (Å²) in [5.41, 5.74) is -4.46. The highest BCUT2D eigenvalue weighted by Crippen LogP contribution is 2.38. The SMILES string of the molecule is O=C(NC(=O)c1c(F)cccc1F)Nc1cc(Cl)c(OC(F)(F)C(F)Cl)cc1Cl. The van der Waals surface area contributed by atoms with Gasteiger partial charge in [-0.05, 0) is 18.2 Å². The maximum absolute atomic E-state index is 13.5. The summed E-state index contributed by atoms with van der Waals surface area (Å²) in [5, 5.41) is 2.76. The van der Waals surface area contributed by atoms with Crippen LogP contribution in [0.25, 0.3) is 0 Å². The smallest absolute Gasteiger partial charge is 0.428 e. The lowest BCUT2D eigenvalue weighted by atomic mass is 10.2. The lowest BCUT2D eigenvalue weighted by molar-refractivity contribution is -0.198. The number of anilines is 1. The summed E-state index contributed by atoms with van der Waals surface area (Å²) >= 11 is 16.2. The summed E-state index contributed by atoms with van der Waals surface area (Å²) in [5.74, 6) is -4.55. The summed E-state index contributed by atoms with van der Waals surface area (Å²) in [6.07, 6.45) is -4.42. The highest BCUT2D eigenvalue weighted by atomic mass is 35.5. The summed E-state index contributed by atoms with van der Waals surface area (Å²) in [6.45, 7) is 0. The van der Waals surface area contributed by atoms with Gasteiger partial charge in [0.1, 0.15) is 22.9 Å². The zero-order valence-electron chi connectivity index (χ0n) is 13.7. The molecule has 0 aliphatic heterocycles. The van der Waals surface area contributed by atoms with E-state index >= 15 is 0 Å². The second-order valence-corrected chi connectivity index (χ2v) is 6.43. The molecule has 2 rings (SSSR count). The third-order valence-electron chi connectivity index (χ3n) is 3.19. The number of amides is 3. The van der Waals surface area contributed by atoms with Crippen molar-refractivity contribution in [3.8, 4) is 5.75 Å². The van der Waals surface area contributed by atoms with E-state index in [0.717, 1.165) is 30.3 Å². The Kier molecular flexibility index (Phi) is 7.15. The molecule has 29 heavy (non-hydrogen) atoms. The number of urea groups is 1. The molecule has 2 N–H and O–H groups in total. The topological polar surface area (TPSA) is 67.4 Å². The molecular formula is C16H8Cl3F5N2O3. The average molecular weight is 478 g/mol. The van der Waals surface area contributed by atoms with E-state index in [1.54, 1.807) is 5.32 Å². The molecule has 0 radical (unpaired) electrons. The Hall–Kier alpha value is -2.30. The number of halogens is 8. The standard InChI is InChI=1S/C16H8Cl3F5N2O3/c17-6-5-11(29-16(23,24)14(19)22)7(18)4-10(6)25-15(28)26-13(27)12-8(20)2-1-3-9(12)21/h1-5,14H,(H2,25,26,27,28). The van der Waals surface area contributed by atoms with Crippen molar-refractivity contribution in [1.29, 1.82) is 0 Å². The quantitative estimate of drug-likeness (QED) is 0.426.